The van der Waals surface area contributed by atoms with Crippen LogP contribution in [0.25, 0.3) is 0 Å². The summed E-state index contributed by atoms with van der Waals surface area (Å²) in [5.74, 6) is 1.06. The van der Waals surface area contributed by atoms with Crippen molar-refractivity contribution in [3.63, 3.8) is 0 Å². The fraction of sp³-hybridized carbons (Fsp3) is 0.667. The summed E-state index contributed by atoms with van der Waals surface area (Å²) in [4.78, 5) is 8.06. The first-order valence-corrected chi connectivity index (χ1v) is 4.54. The zero-order chi connectivity index (χ0) is 11.1. The minimum atomic E-state index is 0. The number of hydrogen-bond donors (Lipinski definition) is 2. The number of nitrogens with zero attached hydrogens (tertiary/aromatic N) is 3. The van der Waals surface area contributed by atoms with E-state index in [9.17, 15) is 0 Å². The van der Waals surface area contributed by atoms with Crippen molar-refractivity contribution in [2.24, 2.45) is 10.7 Å². The van der Waals surface area contributed by atoms with Crippen molar-refractivity contribution in [2.45, 2.75) is 6.42 Å². The van der Waals surface area contributed by atoms with Gasteiger partial charge in [-0.2, -0.15) is 0 Å². The summed E-state index contributed by atoms with van der Waals surface area (Å²) in [7, 11) is 5.60. The van der Waals surface area contributed by atoms with Gasteiger partial charge in [-0.3, -0.25) is 10.4 Å². The van der Waals surface area contributed by atoms with Crippen LogP contribution in [0.1, 0.15) is 6.42 Å². The maximum atomic E-state index is 7.12. The Kier molecular flexibility index (Phi) is 9.78. The van der Waals surface area contributed by atoms with E-state index in [2.05, 4.69) is 11.9 Å². The molecule has 0 aliphatic carbocycles. The average Bonchev–Trinajstić information content (AvgIpc) is 2.15. The van der Waals surface area contributed by atoms with Gasteiger partial charge in [-0.15, -0.1) is 6.54 Å². The van der Waals surface area contributed by atoms with E-state index in [0.717, 1.165) is 5.96 Å². The molecule has 0 aliphatic heterocycles. The molecule has 0 saturated carbocycles. The summed E-state index contributed by atoms with van der Waals surface area (Å²) in [5, 5.41) is 7.12. The Morgan fingerprint density at radius 3 is 2.27 bits per heavy atom. The molecule has 0 amide bonds. The maximum Gasteiger partial charge on any atom is 0.193 e. The van der Waals surface area contributed by atoms with Gasteiger partial charge in [0, 0.05) is 55.2 Å². The molecule has 0 spiro atoms. The molecule has 5 nitrogen and oxygen atoms in total. The quantitative estimate of drug-likeness (QED) is 0.409. The van der Waals surface area contributed by atoms with Crippen LogP contribution in [0.3, 0.4) is 0 Å². The topological polar surface area (TPSA) is 68.7 Å². The van der Waals surface area contributed by atoms with E-state index in [1.54, 1.807) is 7.05 Å². The minimum absolute atomic E-state index is 0. The third-order valence-electron chi connectivity index (χ3n) is 1.93. The van der Waals surface area contributed by atoms with E-state index in [1.807, 2.05) is 23.9 Å². The van der Waals surface area contributed by atoms with Crippen LogP contribution in [0.2, 0.25) is 0 Å². The Morgan fingerprint density at radius 1 is 1.40 bits per heavy atom. The van der Waals surface area contributed by atoms with Crippen molar-refractivity contribution in [3.8, 4) is 0 Å². The third kappa shape index (κ3) is 6.50. The van der Waals surface area contributed by atoms with Gasteiger partial charge in [0.15, 0.2) is 5.96 Å². The number of rotatable bonds is 4. The average molecular weight is 382 g/mol. The van der Waals surface area contributed by atoms with Crippen molar-refractivity contribution in [1.29, 1.82) is 5.41 Å². The summed E-state index contributed by atoms with van der Waals surface area (Å²) in [6, 6.07) is 0. The summed E-state index contributed by atoms with van der Waals surface area (Å²) >= 11 is 0. The summed E-state index contributed by atoms with van der Waals surface area (Å²) in [6.45, 7) is 5.15. The fourth-order valence-corrected chi connectivity index (χ4v) is 1.12. The summed E-state index contributed by atoms with van der Waals surface area (Å²) in [5.41, 5.74) is 5.28. The Balaban J connectivity index is 0. The SMILES string of the molecule is [CH2-]CN(C)C(=NC)N(C)CCC(=N)N.[W]. The second kappa shape index (κ2) is 8.71. The van der Waals surface area contributed by atoms with E-state index < -0.39 is 0 Å². The number of amidine groups is 1. The van der Waals surface area contributed by atoms with Gasteiger partial charge >= 0.3 is 0 Å². The maximum absolute atomic E-state index is 7.12. The van der Waals surface area contributed by atoms with Gasteiger partial charge in [0.05, 0.1) is 5.84 Å². The molecule has 0 saturated heterocycles. The van der Waals surface area contributed by atoms with E-state index >= 15 is 0 Å². The second-order valence-electron chi connectivity index (χ2n) is 3.14. The van der Waals surface area contributed by atoms with E-state index in [4.69, 9.17) is 11.1 Å². The Morgan fingerprint density at radius 2 is 1.93 bits per heavy atom. The number of hydrogen-bond acceptors (Lipinski definition) is 2. The first kappa shape index (κ1) is 16.8. The fourth-order valence-electron chi connectivity index (χ4n) is 1.12. The first-order chi connectivity index (χ1) is 6.52. The smallest absolute Gasteiger partial charge is 0.193 e. The molecule has 0 aliphatic rings. The molecule has 88 valence electrons. The van der Waals surface area contributed by atoms with Crippen LogP contribution < -0.4 is 5.73 Å². The molecule has 3 N–H and O–H groups in total. The number of nitrogens with two attached hydrogens (primary N) is 1. The van der Waals surface area contributed by atoms with Crippen LogP contribution in [-0.4, -0.2) is 55.8 Å². The molecule has 0 aromatic heterocycles. The molecule has 0 unspecified atom stereocenters. The van der Waals surface area contributed by atoms with Gasteiger partial charge in [-0.1, -0.05) is 0 Å². The molecule has 15 heavy (non-hydrogen) atoms. The van der Waals surface area contributed by atoms with Gasteiger partial charge in [0.25, 0.3) is 0 Å². The van der Waals surface area contributed by atoms with Gasteiger partial charge < -0.3 is 22.5 Å². The van der Waals surface area contributed by atoms with E-state index in [0.29, 0.717) is 19.5 Å². The van der Waals surface area contributed by atoms with Crippen LogP contribution in [-0.2, 0) is 21.1 Å². The first-order valence-electron chi connectivity index (χ1n) is 4.54. The molecule has 0 atom stereocenters. The number of nitrogens with one attached hydrogen (secondary N) is 1. The Labute approximate surface area is 106 Å². The van der Waals surface area contributed by atoms with E-state index in [1.165, 1.54) is 0 Å². The van der Waals surface area contributed by atoms with Gasteiger partial charge in [0.1, 0.15) is 0 Å². The largest absolute Gasteiger partial charge is 0.388 e. The predicted molar refractivity (Wildman–Crippen MR) is 60.5 cm³/mol. The molecule has 6 heteroatoms. The zero-order valence-electron chi connectivity index (χ0n) is 9.66. The summed E-state index contributed by atoms with van der Waals surface area (Å²) < 4.78 is 0. The predicted octanol–water partition coefficient (Wildman–Crippen LogP) is -0.00654. The van der Waals surface area contributed by atoms with Crippen LogP contribution in [0.5, 0.6) is 0 Å². The van der Waals surface area contributed by atoms with Gasteiger partial charge in [-0.25, -0.2) is 0 Å². The number of guanidine groups is 1. The molecular weight excluding hydrogens is 362 g/mol. The molecule has 0 aromatic carbocycles. The van der Waals surface area contributed by atoms with Crippen molar-refractivity contribution in [2.75, 3.05) is 34.2 Å². The van der Waals surface area contributed by atoms with Gasteiger partial charge in [-0.05, 0) is 0 Å². The summed E-state index contributed by atoms with van der Waals surface area (Å²) in [6.07, 6.45) is 0.556. The minimum Gasteiger partial charge on any atom is -0.388 e. The second-order valence-corrected chi connectivity index (χ2v) is 3.14. The molecule has 0 bridgehead atoms. The monoisotopic (exact) mass is 382 g/mol. The van der Waals surface area contributed by atoms with E-state index in [-0.39, 0.29) is 26.9 Å². The molecule has 0 rings (SSSR count). The van der Waals surface area contributed by atoms with Crippen LogP contribution in [0.4, 0.5) is 0 Å². The number of aliphatic imine (C=N–C) groups is 1. The molecule has 0 aromatic rings. The molecular formula is C9H20N5W-. The molecule has 0 radical (unpaired) electrons. The van der Waals surface area contributed by atoms with Crippen LogP contribution in [0.15, 0.2) is 4.99 Å². The molecule has 0 heterocycles. The molecule has 0 fully saturated rings. The normalized spacial score (nSPS) is 10.5. The standard InChI is InChI=1S/C9H20N5.W/c1-5-13(3)9(12-2)14(4)7-6-8(10)11;/h1,5-7H2,2-4H3,(H3,10,11);/q-1;. The van der Waals surface area contributed by atoms with Crippen LogP contribution >= 0.6 is 0 Å². The van der Waals surface area contributed by atoms with Crippen molar-refractivity contribution in [1.82, 2.24) is 9.80 Å². The zero-order valence-corrected chi connectivity index (χ0v) is 12.6. The Bertz CT molecular complexity index is 217. The Hall–Kier alpha value is -0.572. The third-order valence-corrected chi connectivity index (χ3v) is 1.93. The van der Waals surface area contributed by atoms with Crippen LogP contribution in [0, 0.1) is 12.3 Å². The van der Waals surface area contributed by atoms with Crippen molar-refractivity contribution >= 4 is 11.8 Å². The van der Waals surface area contributed by atoms with Gasteiger partial charge in [0.2, 0.25) is 0 Å². The van der Waals surface area contributed by atoms with Crippen molar-refractivity contribution < 1.29 is 21.1 Å². The van der Waals surface area contributed by atoms with Crippen molar-refractivity contribution in [3.05, 3.63) is 6.92 Å².